The van der Waals surface area contributed by atoms with Crippen LogP contribution in [0.25, 0.3) is 6.08 Å². The van der Waals surface area contributed by atoms with Crippen LogP contribution < -0.4 is 10.1 Å². The zero-order valence-electron chi connectivity index (χ0n) is 19.7. The van der Waals surface area contributed by atoms with E-state index in [1.807, 2.05) is 30.3 Å². The van der Waals surface area contributed by atoms with Gasteiger partial charge in [-0.2, -0.15) is 0 Å². The number of methoxy groups -OCH3 is 1. The minimum atomic E-state index is -0.0299. The summed E-state index contributed by atoms with van der Waals surface area (Å²) in [5, 5.41) is 3.00. The number of nitrogens with zero attached hydrogens (tertiary/aromatic N) is 2. The van der Waals surface area contributed by atoms with Gasteiger partial charge in [0.25, 0.3) is 0 Å². The quantitative estimate of drug-likeness (QED) is 0.474. The molecule has 1 amide bonds. The third-order valence-electron chi connectivity index (χ3n) is 7.22. The first kappa shape index (κ1) is 23.8. The first-order valence-corrected chi connectivity index (χ1v) is 12.1. The predicted octanol–water partition coefficient (Wildman–Crippen LogP) is 4.19. The summed E-state index contributed by atoms with van der Waals surface area (Å²) in [5.74, 6) is 1.64. The minimum Gasteiger partial charge on any atom is -0.497 e. The lowest BCUT2D eigenvalue weighted by atomic mass is 9.84. The Balaban J connectivity index is 1.29. The van der Waals surface area contributed by atoms with Crippen LogP contribution in [-0.2, 0) is 4.79 Å². The molecule has 0 aromatic heterocycles. The summed E-state index contributed by atoms with van der Waals surface area (Å²) >= 11 is 0. The maximum absolute atomic E-state index is 12.0. The Morgan fingerprint density at radius 2 is 1.87 bits per heavy atom. The fourth-order valence-electron chi connectivity index (χ4n) is 5.18. The van der Waals surface area contributed by atoms with Gasteiger partial charge in [-0.1, -0.05) is 31.9 Å². The van der Waals surface area contributed by atoms with E-state index < -0.39 is 0 Å². The lowest BCUT2D eigenvalue weighted by Gasteiger charge is -2.44. The van der Waals surface area contributed by atoms with E-state index in [0.717, 1.165) is 48.8 Å². The van der Waals surface area contributed by atoms with Gasteiger partial charge in [0.05, 0.1) is 7.11 Å². The number of rotatable bonds is 9. The van der Waals surface area contributed by atoms with E-state index in [9.17, 15) is 4.79 Å². The molecule has 3 rings (SSSR count). The molecule has 1 aromatic carbocycles. The van der Waals surface area contributed by atoms with Gasteiger partial charge in [0, 0.05) is 24.7 Å². The van der Waals surface area contributed by atoms with Gasteiger partial charge < -0.3 is 19.9 Å². The molecule has 5 nitrogen and oxygen atoms in total. The maximum Gasteiger partial charge on any atom is 0.243 e. The van der Waals surface area contributed by atoms with Crippen LogP contribution >= 0.6 is 0 Å². The zero-order valence-corrected chi connectivity index (χ0v) is 19.7. The van der Waals surface area contributed by atoms with E-state index in [2.05, 4.69) is 29.1 Å². The van der Waals surface area contributed by atoms with Gasteiger partial charge in [-0.05, 0) is 88.5 Å². The van der Waals surface area contributed by atoms with Crippen LogP contribution in [0.15, 0.2) is 30.3 Å². The lowest BCUT2D eigenvalue weighted by molar-refractivity contribution is -0.116. The van der Waals surface area contributed by atoms with Crippen molar-refractivity contribution in [1.82, 2.24) is 15.1 Å². The molecule has 31 heavy (non-hydrogen) atoms. The molecule has 1 aliphatic carbocycles. The van der Waals surface area contributed by atoms with E-state index >= 15 is 0 Å². The minimum absolute atomic E-state index is 0.0299. The number of carbonyl (C=O) groups is 1. The molecule has 0 radical (unpaired) electrons. The van der Waals surface area contributed by atoms with Gasteiger partial charge in [-0.15, -0.1) is 0 Å². The Morgan fingerprint density at radius 1 is 1.16 bits per heavy atom. The number of nitrogens with one attached hydrogen (secondary N) is 1. The maximum atomic E-state index is 12.0. The molecule has 1 heterocycles. The highest BCUT2D eigenvalue weighted by Crippen LogP contribution is 2.30. The molecule has 1 saturated carbocycles. The van der Waals surface area contributed by atoms with Crippen molar-refractivity contribution in [2.75, 3.05) is 40.3 Å². The standard InChI is InChI=1S/C26H41N3O2/c1-21-7-4-5-8-25(21)28(2)23-15-19-29(20-16-23)18-6-17-27-26(30)14-11-22-9-12-24(31-3)13-10-22/h9-14,21,23,25H,4-8,15-20H2,1-3H3,(H,27,30)/b14-11+/t21-,25+/m0/s1. The Bertz CT molecular complexity index is 695. The van der Waals surface area contributed by atoms with Crippen molar-refractivity contribution in [3.8, 4) is 5.75 Å². The molecular formula is C26H41N3O2. The molecule has 2 aliphatic rings. The molecule has 1 aromatic rings. The summed E-state index contributed by atoms with van der Waals surface area (Å²) in [7, 11) is 4.01. The molecule has 2 fully saturated rings. The summed E-state index contributed by atoms with van der Waals surface area (Å²) in [6, 6.07) is 9.20. The van der Waals surface area contributed by atoms with Crippen molar-refractivity contribution < 1.29 is 9.53 Å². The van der Waals surface area contributed by atoms with Crippen molar-refractivity contribution in [1.29, 1.82) is 0 Å². The molecule has 0 unspecified atom stereocenters. The number of piperidine rings is 1. The molecule has 1 saturated heterocycles. The van der Waals surface area contributed by atoms with Crippen LogP contribution in [0.4, 0.5) is 0 Å². The first-order valence-electron chi connectivity index (χ1n) is 12.1. The molecule has 0 spiro atoms. The van der Waals surface area contributed by atoms with Crippen LogP contribution in [0, 0.1) is 5.92 Å². The van der Waals surface area contributed by atoms with Crippen LogP contribution in [0.5, 0.6) is 5.75 Å². The summed E-state index contributed by atoms with van der Waals surface area (Å²) in [6.45, 7) is 6.60. The van der Waals surface area contributed by atoms with Crippen LogP contribution in [0.1, 0.15) is 57.4 Å². The van der Waals surface area contributed by atoms with E-state index in [-0.39, 0.29) is 5.91 Å². The largest absolute Gasteiger partial charge is 0.497 e. The number of hydrogen-bond donors (Lipinski definition) is 1. The molecule has 2 atom stereocenters. The van der Waals surface area contributed by atoms with E-state index in [4.69, 9.17) is 4.74 Å². The highest BCUT2D eigenvalue weighted by Gasteiger charge is 2.31. The third kappa shape index (κ3) is 7.36. The van der Waals surface area contributed by atoms with Crippen LogP contribution in [0.2, 0.25) is 0 Å². The Hall–Kier alpha value is -1.85. The Morgan fingerprint density at radius 3 is 2.55 bits per heavy atom. The van der Waals surface area contributed by atoms with Gasteiger partial charge in [-0.25, -0.2) is 0 Å². The van der Waals surface area contributed by atoms with Gasteiger partial charge >= 0.3 is 0 Å². The fraction of sp³-hybridized carbons (Fsp3) is 0.654. The third-order valence-corrected chi connectivity index (χ3v) is 7.22. The second kappa shape index (κ2) is 12.3. The summed E-state index contributed by atoms with van der Waals surface area (Å²) < 4.78 is 5.15. The summed E-state index contributed by atoms with van der Waals surface area (Å²) in [5.41, 5.74) is 0.992. The van der Waals surface area contributed by atoms with Gasteiger partial charge in [0.2, 0.25) is 5.91 Å². The normalized spacial score (nSPS) is 23.4. The van der Waals surface area contributed by atoms with E-state index in [0.29, 0.717) is 0 Å². The van der Waals surface area contributed by atoms with E-state index in [1.165, 1.54) is 51.6 Å². The van der Waals surface area contributed by atoms with Gasteiger partial charge in [0.15, 0.2) is 0 Å². The Labute approximate surface area is 188 Å². The zero-order chi connectivity index (χ0) is 22.1. The Kier molecular flexibility index (Phi) is 9.41. The average Bonchev–Trinajstić information content (AvgIpc) is 2.81. The fourth-order valence-corrected chi connectivity index (χ4v) is 5.18. The molecule has 0 bridgehead atoms. The number of likely N-dealkylation sites (tertiary alicyclic amines) is 1. The number of carbonyl (C=O) groups excluding carboxylic acids is 1. The molecule has 1 aliphatic heterocycles. The van der Waals surface area contributed by atoms with E-state index in [1.54, 1.807) is 13.2 Å². The molecular weight excluding hydrogens is 386 g/mol. The predicted molar refractivity (Wildman–Crippen MR) is 128 cm³/mol. The van der Waals surface area contributed by atoms with Crippen LogP contribution in [0.3, 0.4) is 0 Å². The highest BCUT2D eigenvalue weighted by atomic mass is 16.5. The van der Waals surface area contributed by atoms with Crippen molar-refractivity contribution in [3.63, 3.8) is 0 Å². The second-order valence-corrected chi connectivity index (χ2v) is 9.32. The average molecular weight is 428 g/mol. The highest BCUT2D eigenvalue weighted by molar-refractivity contribution is 5.91. The second-order valence-electron chi connectivity index (χ2n) is 9.32. The lowest BCUT2D eigenvalue weighted by Crippen LogP contribution is -2.50. The van der Waals surface area contributed by atoms with Gasteiger partial charge in [0.1, 0.15) is 5.75 Å². The smallest absolute Gasteiger partial charge is 0.243 e. The van der Waals surface area contributed by atoms with Crippen molar-refractivity contribution in [3.05, 3.63) is 35.9 Å². The van der Waals surface area contributed by atoms with Crippen molar-refractivity contribution in [2.24, 2.45) is 5.92 Å². The SMILES string of the molecule is COc1ccc(/C=C/C(=O)NCCCN2CCC(N(C)[C@@H]3CCCC[C@@H]3C)CC2)cc1. The summed E-state index contributed by atoms with van der Waals surface area (Å²) in [4.78, 5) is 17.3. The number of hydrogen-bond acceptors (Lipinski definition) is 4. The number of ether oxygens (including phenoxy) is 1. The number of benzene rings is 1. The van der Waals surface area contributed by atoms with Crippen molar-refractivity contribution >= 4 is 12.0 Å². The summed E-state index contributed by atoms with van der Waals surface area (Å²) in [6.07, 6.45) is 12.6. The van der Waals surface area contributed by atoms with Gasteiger partial charge in [-0.3, -0.25) is 4.79 Å². The number of amides is 1. The van der Waals surface area contributed by atoms with Crippen molar-refractivity contribution in [2.45, 2.75) is 64.0 Å². The molecule has 172 valence electrons. The topological polar surface area (TPSA) is 44.8 Å². The molecule has 5 heteroatoms. The first-order chi connectivity index (χ1) is 15.1. The monoisotopic (exact) mass is 427 g/mol. The van der Waals surface area contributed by atoms with Crippen LogP contribution in [-0.4, -0.2) is 68.1 Å². The molecule has 1 N–H and O–H groups in total.